The van der Waals surface area contributed by atoms with Gasteiger partial charge in [0.1, 0.15) is 0 Å². The number of hydrogen-bond acceptors (Lipinski definition) is 3. The first kappa shape index (κ1) is 14.3. The molecular weight excluding hydrogens is 260 g/mol. The third-order valence-corrected chi connectivity index (χ3v) is 5.72. The van der Waals surface area contributed by atoms with Crippen molar-refractivity contribution in [3.8, 4) is 0 Å². The lowest BCUT2D eigenvalue weighted by Gasteiger charge is -2.31. The molecule has 19 heavy (non-hydrogen) atoms. The van der Waals surface area contributed by atoms with E-state index >= 15 is 0 Å². The lowest BCUT2D eigenvalue weighted by Crippen LogP contribution is -2.39. The van der Waals surface area contributed by atoms with E-state index in [2.05, 4.69) is 12.1 Å². The SMILES string of the molecule is CCS(=O)(=O)N1CCC(Cc2ccc(N)cc2)CC1. The number of benzene rings is 1. The fourth-order valence-electron chi connectivity index (χ4n) is 2.56. The van der Waals surface area contributed by atoms with Crippen LogP contribution < -0.4 is 5.73 Å². The van der Waals surface area contributed by atoms with Crippen molar-refractivity contribution in [1.29, 1.82) is 0 Å². The molecule has 0 amide bonds. The molecule has 5 heteroatoms. The van der Waals surface area contributed by atoms with E-state index < -0.39 is 10.0 Å². The summed E-state index contributed by atoms with van der Waals surface area (Å²) in [6, 6.07) is 7.97. The molecule has 1 saturated heterocycles. The highest BCUT2D eigenvalue weighted by atomic mass is 32.2. The number of anilines is 1. The van der Waals surface area contributed by atoms with Crippen molar-refractivity contribution in [2.45, 2.75) is 26.2 Å². The number of piperidine rings is 1. The van der Waals surface area contributed by atoms with Gasteiger partial charge in [0.15, 0.2) is 0 Å². The van der Waals surface area contributed by atoms with Gasteiger partial charge in [0.2, 0.25) is 10.0 Å². The topological polar surface area (TPSA) is 63.4 Å². The average Bonchev–Trinajstić information content (AvgIpc) is 2.42. The molecular formula is C14H22N2O2S. The Morgan fingerprint density at radius 2 is 1.79 bits per heavy atom. The molecule has 2 N–H and O–H groups in total. The van der Waals surface area contributed by atoms with Gasteiger partial charge in [0.25, 0.3) is 0 Å². The number of nitrogen functional groups attached to an aromatic ring is 1. The molecule has 1 heterocycles. The molecule has 1 aliphatic heterocycles. The number of hydrogen-bond donors (Lipinski definition) is 1. The van der Waals surface area contributed by atoms with Gasteiger partial charge in [-0.1, -0.05) is 12.1 Å². The van der Waals surface area contributed by atoms with Crippen molar-refractivity contribution in [2.75, 3.05) is 24.6 Å². The molecule has 0 spiro atoms. The largest absolute Gasteiger partial charge is 0.399 e. The Hall–Kier alpha value is -1.07. The summed E-state index contributed by atoms with van der Waals surface area (Å²) in [5.74, 6) is 0.780. The standard InChI is InChI=1S/C14H22N2O2S/c1-2-19(17,18)16-9-7-13(8-10-16)11-12-3-5-14(15)6-4-12/h3-6,13H,2,7-11,15H2,1H3. The van der Waals surface area contributed by atoms with Gasteiger partial charge >= 0.3 is 0 Å². The van der Waals surface area contributed by atoms with Crippen molar-refractivity contribution in [1.82, 2.24) is 4.31 Å². The van der Waals surface area contributed by atoms with Gasteiger partial charge < -0.3 is 5.73 Å². The van der Waals surface area contributed by atoms with Crippen LogP contribution in [0, 0.1) is 5.92 Å². The quantitative estimate of drug-likeness (QED) is 0.858. The summed E-state index contributed by atoms with van der Waals surface area (Å²) in [4.78, 5) is 0. The smallest absolute Gasteiger partial charge is 0.213 e. The van der Waals surface area contributed by atoms with Crippen molar-refractivity contribution in [3.05, 3.63) is 29.8 Å². The first-order valence-electron chi connectivity index (χ1n) is 6.83. The average molecular weight is 282 g/mol. The molecule has 0 aliphatic carbocycles. The molecule has 0 radical (unpaired) electrons. The molecule has 4 nitrogen and oxygen atoms in total. The second-order valence-corrected chi connectivity index (χ2v) is 7.45. The maximum Gasteiger partial charge on any atom is 0.213 e. The molecule has 0 saturated carbocycles. The summed E-state index contributed by atoms with van der Waals surface area (Å²) in [5.41, 5.74) is 7.74. The normalized spacial score (nSPS) is 18.6. The molecule has 0 unspecified atom stereocenters. The Bertz CT molecular complexity index is 503. The van der Waals surface area contributed by atoms with Crippen molar-refractivity contribution in [2.24, 2.45) is 5.92 Å². The van der Waals surface area contributed by atoms with Crippen LogP contribution in [0.5, 0.6) is 0 Å². The van der Waals surface area contributed by atoms with Gasteiger partial charge in [0, 0.05) is 18.8 Å². The number of rotatable bonds is 4. The van der Waals surface area contributed by atoms with Crippen molar-refractivity contribution < 1.29 is 8.42 Å². The fraction of sp³-hybridized carbons (Fsp3) is 0.571. The van der Waals surface area contributed by atoms with Gasteiger partial charge in [0.05, 0.1) is 5.75 Å². The van der Waals surface area contributed by atoms with Crippen LogP contribution in [0.2, 0.25) is 0 Å². The summed E-state index contributed by atoms with van der Waals surface area (Å²) in [6.45, 7) is 3.03. The maximum atomic E-state index is 11.8. The van der Waals surface area contributed by atoms with E-state index in [1.54, 1.807) is 11.2 Å². The highest BCUT2D eigenvalue weighted by Gasteiger charge is 2.26. The second-order valence-electron chi connectivity index (χ2n) is 5.19. The van der Waals surface area contributed by atoms with Gasteiger partial charge in [-0.3, -0.25) is 0 Å². The molecule has 1 aliphatic rings. The molecule has 1 aromatic carbocycles. The number of nitrogens with zero attached hydrogens (tertiary/aromatic N) is 1. The molecule has 0 bridgehead atoms. The first-order chi connectivity index (χ1) is 9.01. The lowest BCUT2D eigenvalue weighted by atomic mass is 9.91. The maximum absolute atomic E-state index is 11.8. The summed E-state index contributed by atoms with van der Waals surface area (Å²) in [6.07, 6.45) is 2.91. The van der Waals surface area contributed by atoms with E-state index in [1.807, 2.05) is 12.1 Å². The van der Waals surface area contributed by atoms with Gasteiger partial charge in [-0.15, -0.1) is 0 Å². The van der Waals surface area contributed by atoms with E-state index in [0.29, 0.717) is 19.0 Å². The zero-order valence-corrected chi connectivity index (χ0v) is 12.2. The van der Waals surface area contributed by atoms with Crippen molar-refractivity contribution >= 4 is 15.7 Å². The highest BCUT2D eigenvalue weighted by Crippen LogP contribution is 2.23. The number of sulfonamides is 1. The summed E-state index contributed by atoms with van der Waals surface area (Å²) in [7, 11) is -3.01. The van der Waals surface area contributed by atoms with E-state index in [0.717, 1.165) is 24.9 Å². The monoisotopic (exact) mass is 282 g/mol. The minimum Gasteiger partial charge on any atom is -0.399 e. The Kier molecular flexibility index (Phi) is 4.47. The third kappa shape index (κ3) is 3.70. The third-order valence-electron chi connectivity index (χ3n) is 3.84. The van der Waals surface area contributed by atoms with E-state index in [1.165, 1.54) is 5.56 Å². The van der Waals surface area contributed by atoms with Crippen LogP contribution in [0.1, 0.15) is 25.3 Å². The minimum atomic E-state index is -3.01. The Labute approximate surface area is 115 Å². The zero-order chi connectivity index (χ0) is 13.9. The molecule has 1 fully saturated rings. The summed E-state index contributed by atoms with van der Waals surface area (Å²) >= 11 is 0. The number of nitrogens with two attached hydrogens (primary N) is 1. The molecule has 106 valence electrons. The van der Waals surface area contributed by atoms with E-state index in [-0.39, 0.29) is 5.75 Å². The van der Waals surface area contributed by atoms with Gasteiger partial charge in [-0.2, -0.15) is 0 Å². The van der Waals surface area contributed by atoms with Crippen LogP contribution in [-0.4, -0.2) is 31.6 Å². The Morgan fingerprint density at radius 3 is 2.32 bits per heavy atom. The predicted octanol–water partition coefficient (Wildman–Crippen LogP) is 1.87. The predicted molar refractivity (Wildman–Crippen MR) is 78.3 cm³/mol. The second kappa shape index (κ2) is 5.92. The summed E-state index contributed by atoms with van der Waals surface area (Å²) < 4.78 is 25.2. The zero-order valence-electron chi connectivity index (χ0n) is 11.4. The Morgan fingerprint density at radius 1 is 1.21 bits per heavy atom. The molecule has 2 rings (SSSR count). The van der Waals surface area contributed by atoms with Gasteiger partial charge in [-0.25, -0.2) is 12.7 Å². The molecule has 0 aromatic heterocycles. The fourth-order valence-corrected chi connectivity index (χ4v) is 3.69. The highest BCUT2D eigenvalue weighted by molar-refractivity contribution is 7.89. The van der Waals surface area contributed by atoms with Crippen LogP contribution in [0.15, 0.2) is 24.3 Å². The van der Waals surface area contributed by atoms with Crippen molar-refractivity contribution in [3.63, 3.8) is 0 Å². The van der Waals surface area contributed by atoms with Gasteiger partial charge in [-0.05, 0) is 49.8 Å². The minimum absolute atomic E-state index is 0.204. The van der Waals surface area contributed by atoms with Crippen LogP contribution in [0.25, 0.3) is 0 Å². The summed E-state index contributed by atoms with van der Waals surface area (Å²) in [5, 5.41) is 0. The lowest BCUT2D eigenvalue weighted by molar-refractivity contribution is 0.273. The van der Waals surface area contributed by atoms with Crippen LogP contribution >= 0.6 is 0 Å². The first-order valence-corrected chi connectivity index (χ1v) is 8.44. The Balaban J connectivity index is 1.89. The molecule has 0 atom stereocenters. The van der Waals surface area contributed by atoms with Crippen LogP contribution in [0.3, 0.4) is 0 Å². The molecule has 1 aromatic rings. The van der Waals surface area contributed by atoms with Crippen LogP contribution in [-0.2, 0) is 16.4 Å². The van der Waals surface area contributed by atoms with E-state index in [9.17, 15) is 8.42 Å². The van der Waals surface area contributed by atoms with E-state index in [4.69, 9.17) is 5.73 Å². The van der Waals surface area contributed by atoms with Crippen LogP contribution in [0.4, 0.5) is 5.69 Å².